The number of H-pyrrole nitrogens is 1. The van der Waals surface area contributed by atoms with Gasteiger partial charge in [-0.15, -0.1) is 0 Å². The lowest BCUT2D eigenvalue weighted by molar-refractivity contribution is -0.135. The van der Waals surface area contributed by atoms with Crippen LogP contribution in [-0.4, -0.2) is 126 Å². The molecule has 2 heterocycles. The molecule has 0 bridgehead atoms. The monoisotopic (exact) mass is 941 g/mol. The van der Waals surface area contributed by atoms with Crippen molar-refractivity contribution in [3.05, 3.63) is 71.9 Å². The Balaban J connectivity index is 1.63. The van der Waals surface area contributed by atoms with Gasteiger partial charge in [-0.05, 0) is 42.9 Å². The molecule has 0 saturated heterocycles. The van der Waals surface area contributed by atoms with Crippen molar-refractivity contribution in [3.8, 4) is 0 Å². The molecular weight excluding hydrogens is 879 g/mol. The number of nitrogens with two attached hydrogens (primary N) is 5. The lowest BCUT2D eigenvalue weighted by Crippen LogP contribution is -2.60. The highest BCUT2D eigenvalue weighted by Gasteiger charge is 2.34. The number of amides is 8. The van der Waals surface area contributed by atoms with E-state index in [2.05, 4.69) is 51.9 Å². The zero-order chi connectivity index (χ0) is 49.6. The SMILES string of the molecule is CCCC[C@H](N)C(=O)N[C@@H](CCC(N)=O)C(=O)N[C@@H](CC1C=NC=N1)C(=O)N[C@@H](Cc1ccccc1)C(=O)N[C@@H](CCCN=C(N)N)C(=O)N[C@@H](Cc1c[nH]c2ccccc12)C(=O)NCC(N)=O. The Morgan fingerprint density at radius 2 is 1.28 bits per heavy atom. The van der Waals surface area contributed by atoms with Crippen LogP contribution in [0.25, 0.3) is 10.9 Å². The smallest absolute Gasteiger partial charge is 0.243 e. The number of para-hydroxylation sites is 1. The van der Waals surface area contributed by atoms with E-state index < -0.39 is 96.1 Å². The summed E-state index contributed by atoms with van der Waals surface area (Å²) in [6.45, 7) is 1.50. The number of aromatic amines is 1. The maximum atomic E-state index is 14.5. The first-order valence-electron chi connectivity index (χ1n) is 22.4. The predicted molar refractivity (Wildman–Crippen MR) is 255 cm³/mol. The molecule has 0 aliphatic carbocycles. The van der Waals surface area contributed by atoms with Crippen LogP contribution in [0.5, 0.6) is 0 Å². The summed E-state index contributed by atoms with van der Waals surface area (Å²) >= 11 is 0. The van der Waals surface area contributed by atoms with Crippen LogP contribution in [0.3, 0.4) is 0 Å². The number of aromatic nitrogens is 1. The number of carbonyl (C=O) groups excluding carboxylic acids is 8. The van der Waals surface area contributed by atoms with E-state index in [1.807, 2.05) is 31.2 Å². The van der Waals surface area contributed by atoms with Gasteiger partial charge in [-0.2, -0.15) is 0 Å². The van der Waals surface area contributed by atoms with E-state index in [9.17, 15) is 38.4 Å². The molecule has 4 rings (SSSR count). The van der Waals surface area contributed by atoms with Crippen LogP contribution in [0.4, 0.5) is 0 Å². The van der Waals surface area contributed by atoms with Crippen molar-refractivity contribution in [2.24, 2.45) is 43.6 Å². The number of carbonyl (C=O) groups is 8. The Morgan fingerprint density at radius 3 is 1.93 bits per heavy atom. The van der Waals surface area contributed by atoms with Crippen molar-refractivity contribution in [2.75, 3.05) is 13.1 Å². The van der Waals surface area contributed by atoms with E-state index in [1.165, 1.54) is 12.6 Å². The molecule has 0 saturated carbocycles. The average molecular weight is 942 g/mol. The Hall–Kier alpha value is -7.69. The van der Waals surface area contributed by atoms with Crippen molar-refractivity contribution < 1.29 is 38.4 Å². The van der Waals surface area contributed by atoms with Gasteiger partial charge in [0.15, 0.2) is 5.96 Å². The minimum absolute atomic E-state index is 0.0245. The van der Waals surface area contributed by atoms with Gasteiger partial charge in [-0.3, -0.25) is 48.3 Å². The Kier molecular flexibility index (Phi) is 21.1. The molecule has 1 unspecified atom stereocenters. The summed E-state index contributed by atoms with van der Waals surface area (Å²) < 4.78 is 0. The number of hydrogen-bond donors (Lipinski definition) is 12. The van der Waals surface area contributed by atoms with Gasteiger partial charge in [0.25, 0.3) is 0 Å². The lowest BCUT2D eigenvalue weighted by atomic mass is 10.0. The van der Waals surface area contributed by atoms with Crippen LogP contribution in [0.2, 0.25) is 0 Å². The number of hydrogen-bond acceptors (Lipinski definition) is 12. The van der Waals surface area contributed by atoms with Crippen molar-refractivity contribution in [2.45, 2.75) is 113 Å². The number of benzene rings is 2. The van der Waals surface area contributed by atoms with Crippen LogP contribution >= 0.6 is 0 Å². The fourth-order valence-electron chi connectivity index (χ4n) is 7.23. The quantitative estimate of drug-likeness (QED) is 0.0199. The molecule has 366 valence electrons. The van der Waals surface area contributed by atoms with Gasteiger partial charge in [0.05, 0.1) is 18.6 Å². The first kappa shape index (κ1) is 52.9. The maximum absolute atomic E-state index is 14.5. The van der Waals surface area contributed by atoms with Gasteiger partial charge < -0.3 is 65.6 Å². The molecule has 0 fully saturated rings. The molecule has 7 atom stereocenters. The van der Waals surface area contributed by atoms with Crippen LogP contribution < -0.4 is 60.6 Å². The number of nitrogens with one attached hydrogen (secondary N) is 7. The summed E-state index contributed by atoms with van der Waals surface area (Å²) in [6.07, 6.45) is 5.64. The molecule has 1 aliphatic rings. The van der Waals surface area contributed by atoms with E-state index in [-0.39, 0.29) is 57.5 Å². The molecule has 0 radical (unpaired) electrons. The molecule has 17 N–H and O–H groups in total. The van der Waals surface area contributed by atoms with E-state index in [1.54, 1.807) is 36.5 Å². The van der Waals surface area contributed by atoms with Crippen molar-refractivity contribution >= 4 is 76.7 Å². The third-order valence-electron chi connectivity index (χ3n) is 10.9. The molecule has 68 heavy (non-hydrogen) atoms. The summed E-state index contributed by atoms with van der Waals surface area (Å²) in [7, 11) is 0. The number of fused-ring (bicyclic) bond motifs is 1. The lowest BCUT2D eigenvalue weighted by Gasteiger charge is -2.28. The van der Waals surface area contributed by atoms with Crippen molar-refractivity contribution in [3.63, 3.8) is 0 Å². The van der Waals surface area contributed by atoms with Crippen LogP contribution in [-0.2, 0) is 51.2 Å². The second-order valence-corrected chi connectivity index (χ2v) is 16.3. The number of guanidine groups is 1. The topological polar surface area (TPSA) is 392 Å². The second kappa shape index (κ2) is 27.1. The molecule has 1 aromatic heterocycles. The normalized spacial score (nSPS) is 15.4. The summed E-state index contributed by atoms with van der Waals surface area (Å²) in [5.41, 5.74) is 29.9. The van der Waals surface area contributed by atoms with Gasteiger partial charge in [-0.25, -0.2) is 4.99 Å². The largest absolute Gasteiger partial charge is 0.370 e. The summed E-state index contributed by atoms with van der Waals surface area (Å²) in [6, 6.07) is 7.74. The minimum Gasteiger partial charge on any atom is -0.370 e. The highest BCUT2D eigenvalue weighted by atomic mass is 16.2. The number of unbranched alkanes of at least 4 members (excludes halogenated alkanes) is 1. The minimum atomic E-state index is -1.38. The van der Waals surface area contributed by atoms with Gasteiger partial charge in [-0.1, -0.05) is 68.3 Å². The second-order valence-electron chi connectivity index (χ2n) is 16.3. The van der Waals surface area contributed by atoms with E-state index >= 15 is 0 Å². The first-order valence-corrected chi connectivity index (χ1v) is 22.4. The maximum Gasteiger partial charge on any atom is 0.243 e. The fourth-order valence-corrected chi connectivity index (χ4v) is 7.23. The van der Waals surface area contributed by atoms with Crippen LogP contribution in [0.15, 0.2) is 75.8 Å². The van der Waals surface area contributed by atoms with Crippen LogP contribution in [0.1, 0.15) is 69.4 Å². The number of rotatable bonds is 29. The van der Waals surface area contributed by atoms with Crippen LogP contribution in [0, 0.1) is 0 Å². The summed E-state index contributed by atoms with van der Waals surface area (Å²) in [4.78, 5) is 122. The molecule has 2 aromatic carbocycles. The number of aliphatic imine (C=N–C) groups is 3. The van der Waals surface area contributed by atoms with Gasteiger partial charge in [0, 0.05) is 55.5 Å². The number of nitrogens with zero attached hydrogens (tertiary/aromatic N) is 3. The molecule has 8 amide bonds. The van der Waals surface area contributed by atoms with E-state index in [4.69, 9.17) is 28.7 Å². The Bertz CT molecular complexity index is 2300. The Morgan fingerprint density at radius 1 is 0.676 bits per heavy atom. The Labute approximate surface area is 393 Å². The molecule has 0 spiro atoms. The molecule has 23 heteroatoms. The standard InChI is InChI=1S/C45H63N15O8/c1-2-3-13-30(46)39(63)56-33(16-17-37(47)61)42(66)60-36(21-28-23-51-25-55-28)44(68)58-34(19-26-10-5-4-6-11-26)43(67)57-32(15-9-18-52-45(49)50)41(65)59-35(40(64)54-24-38(48)62)20-27-22-53-31-14-8-7-12-29(27)31/h4-8,10-12,14,22-23,25,28,30,32-36,53H,2-3,9,13,15-21,24,46H2,1H3,(H2,47,61)(H2,48,62)(H,54,64)(H,56,63)(H,57,67)(H,58,68)(H,59,65)(H,60,66)(H4,49,50,52)/t28?,30-,32-,33-,34-,35-,36-/m0/s1. The summed E-state index contributed by atoms with van der Waals surface area (Å²) in [5, 5.41) is 16.6. The van der Waals surface area contributed by atoms with E-state index in [0.717, 1.165) is 17.3 Å². The predicted octanol–water partition coefficient (Wildman–Crippen LogP) is -2.31. The molecule has 23 nitrogen and oxygen atoms in total. The highest BCUT2D eigenvalue weighted by Crippen LogP contribution is 2.20. The molecule has 1 aliphatic heterocycles. The average Bonchev–Trinajstić information content (AvgIpc) is 3.99. The van der Waals surface area contributed by atoms with Crippen molar-refractivity contribution in [1.29, 1.82) is 0 Å². The zero-order valence-electron chi connectivity index (χ0n) is 37.9. The third kappa shape index (κ3) is 17.6. The van der Waals surface area contributed by atoms with Gasteiger partial charge in [0.1, 0.15) is 36.5 Å². The van der Waals surface area contributed by atoms with Gasteiger partial charge in [0.2, 0.25) is 47.3 Å². The van der Waals surface area contributed by atoms with E-state index in [0.29, 0.717) is 24.0 Å². The fraction of sp³-hybridized carbons (Fsp3) is 0.444. The van der Waals surface area contributed by atoms with Crippen molar-refractivity contribution in [1.82, 2.24) is 36.9 Å². The summed E-state index contributed by atoms with van der Waals surface area (Å²) in [5.74, 6) is -6.34. The first-order chi connectivity index (χ1) is 32.5. The molecule has 3 aromatic rings. The van der Waals surface area contributed by atoms with Gasteiger partial charge >= 0.3 is 0 Å². The highest BCUT2D eigenvalue weighted by molar-refractivity contribution is 5.98. The number of primary amides is 2. The zero-order valence-corrected chi connectivity index (χ0v) is 37.9. The molecular formula is C45H63N15O8. The third-order valence-corrected chi connectivity index (χ3v) is 10.9.